The molecule has 0 aliphatic heterocycles. The Hall–Kier alpha value is -3.45. The van der Waals surface area contributed by atoms with E-state index >= 15 is 0 Å². The summed E-state index contributed by atoms with van der Waals surface area (Å²) in [5.41, 5.74) is 3.13. The van der Waals surface area contributed by atoms with Gasteiger partial charge in [0.05, 0.1) is 23.6 Å². The highest BCUT2D eigenvalue weighted by Gasteiger charge is 2.09. The summed E-state index contributed by atoms with van der Waals surface area (Å²) in [4.78, 5) is 21.1. The van der Waals surface area contributed by atoms with Crippen LogP contribution in [0.25, 0.3) is 11.3 Å². The minimum absolute atomic E-state index is 0.160. The van der Waals surface area contributed by atoms with E-state index in [9.17, 15) is 4.79 Å². The summed E-state index contributed by atoms with van der Waals surface area (Å²) in [6, 6.07) is 14.8. The van der Waals surface area contributed by atoms with Crippen molar-refractivity contribution in [2.45, 2.75) is 13.5 Å². The zero-order valence-corrected chi connectivity index (χ0v) is 16.7. The largest absolute Gasteiger partial charge is 0.492 e. The molecule has 146 valence electrons. The van der Waals surface area contributed by atoms with Gasteiger partial charge in [0.2, 0.25) is 0 Å². The number of ether oxygens (including phenoxy) is 1. The van der Waals surface area contributed by atoms with Gasteiger partial charge in [-0.2, -0.15) is 0 Å². The monoisotopic (exact) mass is 404 g/mol. The Morgan fingerprint density at radius 1 is 1.21 bits per heavy atom. The second kappa shape index (κ2) is 8.70. The lowest BCUT2D eigenvalue weighted by Crippen LogP contribution is -2.12. The summed E-state index contributed by atoms with van der Waals surface area (Å²) in [5, 5.41) is 5.92. The van der Waals surface area contributed by atoms with Gasteiger partial charge >= 0.3 is 0 Å². The number of aromatic nitrogens is 3. The third-order valence-electron chi connectivity index (χ3n) is 4.33. The summed E-state index contributed by atoms with van der Waals surface area (Å²) in [7, 11) is 0. The molecule has 0 spiro atoms. The fourth-order valence-electron chi connectivity index (χ4n) is 2.84. The Kier molecular flexibility index (Phi) is 5.67. The van der Waals surface area contributed by atoms with Crippen LogP contribution >= 0.6 is 11.3 Å². The predicted molar refractivity (Wildman–Crippen MR) is 114 cm³/mol. The Bertz CT molecular complexity index is 1090. The van der Waals surface area contributed by atoms with Gasteiger partial charge in [0, 0.05) is 34.6 Å². The maximum atomic E-state index is 12.6. The molecule has 0 bridgehead atoms. The quantitative estimate of drug-likeness (QED) is 0.487. The molecular formula is C22H20N4O2S. The Morgan fingerprint density at radius 3 is 2.79 bits per heavy atom. The lowest BCUT2D eigenvalue weighted by Gasteiger charge is -2.09. The van der Waals surface area contributed by atoms with Gasteiger partial charge in [-0.25, -0.2) is 9.97 Å². The molecule has 2 aromatic carbocycles. The van der Waals surface area contributed by atoms with Gasteiger partial charge in [-0.15, -0.1) is 11.3 Å². The van der Waals surface area contributed by atoms with Crippen LogP contribution in [0.4, 0.5) is 5.69 Å². The zero-order valence-electron chi connectivity index (χ0n) is 15.9. The molecule has 2 heterocycles. The molecule has 1 N–H and O–H groups in total. The number of nitrogens with zero attached hydrogens (tertiary/aromatic N) is 3. The number of anilines is 1. The molecule has 0 fully saturated rings. The minimum Gasteiger partial charge on any atom is -0.492 e. The number of thiazole rings is 1. The van der Waals surface area contributed by atoms with Gasteiger partial charge in [0.1, 0.15) is 12.4 Å². The molecule has 0 aliphatic carbocycles. The third-order valence-corrected chi connectivity index (χ3v) is 5.10. The number of nitrogens with one attached hydrogen (secondary N) is 1. The second-order valence-corrected chi connectivity index (χ2v) is 7.52. The lowest BCUT2D eigenvalue weighted by molar-refractivity contribution is 0.102. The van der Waals surface area contributed by atoms with E-state index in [0.29, 0.717) is 17.9 Å². The second-order valence-electron chi connectivity index (χ2n) is 6.46. The normalized spacial score (nSPS) is 10.7. The van der Waals surface area contributed by atoms with Gasteiger partial charge in [-0.05, 0) is 43.3 Å². The maximum Gasteiger partial charge on any atom is 0.255 e. The van der Waals surface area contributed by atoms with Crippen LogP contribution in [0, 0.1) is 6.92 Å². The average molecular weight is 404 g/mol. The van der Waals surface area contributed by atoms with Crippen molar-refractivity contribution in [3.05, 3.63) is 83.2 Å². The van der Waals surface area contributed by atoms with E-state index in [1.54, 1.807) is 29.9 Å². The first-order chi connectivity index (χ1) is 14.2. The molecule has 4 aromatic rings. The van der Waals surface area contributed by atoms with Gasteiger partial charge in [-0.3, -0.25) is 4.79 Å². The molecule has 6 nitrogen and oxygen atoms in total. The Morgan fingerprint density at radius 2 is 2.07 bits per heavy atom. The van der Waals surface area contributed by atoms with Crippen LogP contribution in [-0.2, 0) is 6.54 Å². The molecule has 0 saturated carbocycles. The SMILES string of the molecule is Cc1nc(-c2cccc(C(=O)Nc3ccc(OCCn4ccnc4)cc3)c2)cs1. The predicted octanol–water partition coefficient (Wildman–Crippen LogP) is 4.65. The van der Waals surface area contributed by atoms with E-state index in [0.717, 1.165) is 28.6 Å². The highest BCUT2D eigenvalue weighted by molar-refractivity contribution is 7.09. The molecule has 1 amide bonds. The van der Waals surface area contributed by atoms with Crippen molar-refractivity contribution in [1.29, 1.82) is 0 Å². The number of amides is 1. The molecule has 0 aliphatic rings. The van der Waals surface area contributed by atoms with E-state index in [2.05, 4.69) is 15.3 Å². The first-order valence-corrected chi connectivity index (χ1v) is 10.1. The van der Waals surface area contributed by atoms with Gasteiger partial charge < -0.3 is 14.6 Å². The number of carbonyl (C=O) groups is 1. The highest BCUT2D eigenvalue weighted by atomic mass is 32.1. The molecule has 7 heteroatoms. The molecule has 0 unspecified atom stereocenters. The molecule has 0 radical (unpaired) electrons. The average Bonchev–Trinajstić information content (AvgIpc) is 3.41. The smallest absolute Gasteiger partial charge is 0.255 e. The van der Waals surface area contributed by atoms with Gasteiger partial charge in [0.15, 0.2) is 0 Å². The van der Waals surface area contributed by atoms with E-state index in [4.69, 9.17) is 4.74 Å². The topological polar surface area (TPSA) is 69.0 Å². The number of imidazole rings is 1. The van der Waals surface area contributed by atoms with Crippen LogP contribution in [-0.4, -0.2) is 27.0 Å². The van der Waals surface area contributed by atoms with E-state index in [1.165, 1.54) is 0 Å². The summed E-state index contributed by atoms with van der Waals surface area (Å²) in [5.74, 6) is 0.594. The first kappa shape index (κ1) is 18.9. The first-order valence-electron chi connectivity index (χ1n) is 9.20. The van der Waals surface area contributed by atoms with Gasteiger partial charge in [0.25, 0.3) is 5.91 Å². The number of aryl methyl sites for hydroxylation is 1. The standard InChI is InChI=1S/C22H20N4O2S/c1-16-24-21(14-29-16)17-3-2-4-18(13-17)22(27)25-19-5-7-20(8-6-19)28-12-11-26-10-9-23-15-26/h2-10,13-15H,11-12H2,1H3,(H,25,27). The number of carbonyl (C=O) groups excluding carboxylic acids is 1. The number of benzene rings is 2. The summed E-state index contributed by atoms with van der Waals surface area (Å²) >= 11 is 1.59. The third kappa shape index (κ3) is 4.89. The molecule has 29 heavy (non-hydrogen) atoms. The number of hydrogen-bond acceptors (Lipinski definition) is 5. The van der Waals surface area contributed by atoms with E-state index in [1.807, 2.05) is 65.5 Å². The summed E-state index contributed by atoms with van der Waals surface area (Å²) < 4.78 is 7.68. The van der Waals surface area contributed by atoms with Crippen LogP contribution < -0.4 is 10.1 Å². The van der Waals surface area contributed by atoms with Gasteiger partial charge in [-0.1, -0.05) is 12.1 Å². The van der Waals surface area contributed by atoms with Crippen molar-refractivity contribution in [2.75, 3.05) is 11.9 Å². The fourth-order valence-corrected chi connectivity index (χ4v) is 3.46. The molecule has 4 rings (SSSR count). The van der Waals surface area contributed by atoms with Crippen LogP contribution in [0.1, 0.15) is 15.4 Å². The van der Waals surface area contributed by atoms with E-state index < -0.39 is 0 Å². The Balaban J connectivity index is 1.36. The van der Waals surface area contributed by atoms with Crippen LogP contribution in [0.3, 0.4) is 0 Å². The van der Waals surface area contributed by atoms with Crippen LogP contribution in [0.15, 0.2) is 72.6 Å². The number of rotatable bonds is 7. The van der Waals surface area contributed by atoms with E-state index in [-0.39, 0.29) is 5.91 Å². The van der Waals surface area contributed by atoms with Crippen LogP contribution in [0.5, 0.6) is 5.75 Å². The zero-order chi connectivity index (χ0) is 20.1. The van der Waals surface area contributed by atoms with Crippen molar-refractivity contribution in [1.82, 2.24) is 14.5 Å². The fraction of sp³-hybridized carbons (Fsp3) is 0.136. The molecule has 2 aromatic heterocycles. The van der Waals surface area contributed by atoms with Crippen molar-refractivity contribution in [3.8, 4) is 17.0 Å². The molecular weight excluding hydrogens is 384 g/mol. The summed E-state index contributed by atoms with van der Waals surface area (Å²) in [6.45, 7) is 3.24. The van der Waals surface area contributed by atoms with Crippen molar-refractivity contribution in [2.24, 2.45) is 0 Å². The highest BCUT2D eigenvalue weighted by Crippen LogP contribution is 2.23. The van der Waals surface area contributed by atoms with Crippen molar-refractivity contribution >= 4 is 22.9 Å². The lowest BCUT2D eigenvalue weighted by atomic mass is 10.1. The summed E-state index contributed by atoms with van der Waals surface area (Å²) in [6.07, 6.45) is 5.39. The minimum atomic E-state index is -0.160. The number of hydrogen-bond donors (Lipinski definition) is 1. The molecule has 0 saturated heterocycles. The Labute approximate surface area is 172 Å². The van der Waals surface area contributed by atoms with Crippen LogP contribution in [0.2, 0.25) is 0 Å². The maximum absolute atomic E-state index is 12.6. The van der Waals surface area contributed by atoms with Crippen molar-refractivity contribution in [3.63, 3.8) is 0 Å². The molecule has 0 atom stereocenters. The van der Waals surface area contributed by atoms with Crippen molar-refractivity contribution < 1.29 is 9.53 Å².